The Morgan fingerprint density at radius 1 is 1.22 bits per heavy atom. The molecule has 1 saturated heterocycles. The summed E-state index contributed by atoms with van der Waals surface area (Å²) in [6, 6.07) is 1.44. The van der Waals surface area contributed by atoms with Gasteiger partial charge in [0, 0.05) is 25.0 Å². The Labute approximate surface area is 131 Å². The van der Waals surface area contributed by atoms with Gasteiger partial charge in [-0.1, -0.05) is 0 Å². The maximum absolute atomic E-state index is 11.9. The molecule has 0 saturated carbocycles. The van der Waals surface area contributed by atoms with Crippen molar-refractivity contribution in [3.8, 4) is 5.75 Å². The third kappa shape index (κ3) is 3.01. The van der Waals surface area contributed by atoms with Crippen molar-refractivity contribution in [3.05, 3.63) is 38.4 Å². The van der Waals surface area contributed by atoms with E-state index in [2.05, 4.69) is 0 Å². The lowest BCUT2D eigenvalue weighted by Crippen LogP contribution is -2.41. The summed E-state index contributed by atoms with van der Waals surface area (Å²) in [4.78, 5) is 34.2. The molecule has 1 fully saturated rings. The highest BCUT2D eigenvalue weighted by molar-refractivity contribution is 6.19. The zero-order chi connectivity index (χ0) is 17.5. The van der Waals surface area contributed by atoms with E-state index in [1.165, 1.54) is 26.8 Å². The van der Waals surface area contributed by atoms with Crippen LogP contribution in [0.5, 0.6) is 5.75 Å². The number of phenolic OH excluding ortho intramolecular Hbond substituents is 1. The number of aryl methyl sites for hydroxylation is 1. The average Bonchev–Trinajstić information content (AvgIpc) is 2.38. The predicted molar refractivity (Wildman–Crippen MR) is 78.5 cm³/mol. The summed E-state index contributed by atoms with van der Waals surface area (Å²) < 4.78 is 9.87. The van der Waals surface area contributed by atoms with Crippen LogP contribution in [0.15, 0.2) is 11.6 Å². The first-order chi connectivity index (χ1) is 10.5. The molecule has 0 aromatic heterocycles. The number of cyclic esters (lactones) is 2. The van der Waals surface area contributed by atoms with E-state index >= 15 is 0 Å². The number of hydrogen-bond donors (Lipinski definition) is 1. The molecule has 0 spiro atoms. The monoisotopic (exact) mass is 321 g/mol. The van der Waals surface area contributed by atoms with E-state index in [1.807, 2.05) is 0 Å². The van der Waals surface area contributed by atoms with Gasteiger partial charge in [0.05, 0.1) is 4.92 Å². The molecule has 122 valence electrons. The molecule has 1 N–H and O–H groups in total. The van der Waals surface area contributed by atoms with E-state index in [4.69, 9.17) is 9.47 Å². The van der Waals surface area contributed by atoms with Crippen LogP contribution in [0.3, 0.4) is 0 Å². The maximum atomic E-state index is 11.9. The number of carbonyl (C=O) groups excluding carboxylic acids is 2. The number of nitro groups is 1. The minimum absolute atomic E-state index is 0.0385. The summed E-state index contributed by atoms with van der Waals surface area (Å²) in [5.74, 6) is -3.86. The Morgan fingerprint density at radius 3 is 2.22 bits per heavy atom. The SMILES string of the molecule is Cc1cc(C=C2C(=O)OC(C)(C)OC2=O)c(O)c([N+](=O)[O-])c1C. The second kappa shape index (κ2) is 5.38. The summed E-state index contributed by atoms with van der Waals surface area (Å²) in [6.07, 6.45) is 1.02. The fraction of sp³-hybridized carbons (Fsp3) is 0.333. The second-order valence-electron chi connectivity index (χ2n) is 5.60. The zero-order valence-electron chi connectivity index (χ0n) is 13.0. The molecule has 0 radical (unpaired) electrons. The Hall–Kier alpha value is -2.90. The van der Waals surface area contributed by atoms with E-state index in [-0.39, 0.29) is 5.56 Å². The summed E-state index contributed by atoms with van der Waals surface area (Å²) >= 11 is 0. The molecule has 0 bridgehead atoms. The highest BCUT2D eigenvalue weighted by atomic mass is 16.7. The fourth-order valence-corrected chi connectivity index (χ4v) is 2.18. The zero-order valence-corrected chi connectivity index (χ0v) is 13.0. The van der Waals surface area contributed by atoms with Crippen molar-refractivity contribution >= 4 is 23.7 Å². The van der Waals surface area contributed by atoms with Gasteiger partial charge in [0.15, 0.2) is 0 Å². The maximum Gasteiger partial charge on any atom is 0.348 e. The van der Waals surface area contributed by atoms with E-state index in [9.17, 15) is 24.8 Å². The molecule has 0 aliphatic carbocycles. The van der Waals surface area contributed by atoms with Crippen LogP contribution in [0.2, 0.25) is 0 Å². The minimum Gasteiger partial charge on any atom is -0.502 e. The Bertz CT molecular complexity index is 740. The Kier molecular flexibility index (Phi) is 3.85. The average molecular weight is 321 g/mol. The molecule has 0 atom stereocenters. The summed E-state index contributed by atoms with van der Waals surface area (Å²) in [5, 5.41) is 21.2. The molecule has 1 aromatic rings. The van der Waals surface area contributed by atoms with Crippen LogP contribution in [0.4, 0.5) is 5.69 Å². The van der Waals surface area contributed by atoms with Gasteiger partial charge >= 0.3 is 17.6 Å². The van der Waals surface area contributed by atoms with Crippen LogP contribution in [0.25, 0.3) is 6.08 Å². The summed E-state index contributed by atoms with van der Waals surface area (Å²) in [6.45, 7) is 5.91. The van der Waals surface area contributed by atoms with Crippen molar-refractivity contribution in [2.75, 3.05) is 0 Å². The highest BCUT2D eigenvalue weighted by Gasteiger charge is 2.39. The van der Waals surface area contributed by atoms with Gasteiger partial charge in [0.25, 0.3) is 5.79 Å². The number of rotatable bonds is 2. The number of hydrogen-bond acceptors (Lipinski definition) is 7. The molecule has 8 nitrogen and oxygen atoms in total. The quantitative estimate of drug-likeness (QED) is 0.291. The van der Waals surface area contributed by atoms with Gasteiger partial charge in [-0.3, -0.25) is 10.1 Å². The lowest BCUT2D eigenvalue weighted by molar-refractivity contribution is -0.386. The number of benzene rings is 1. The fourth-order valence-electron chi connectivity index (χ4n) is 2.18. The summed E-state index contributed by atoms with van der Waals surface area (Å²) in [7, 11) is 0. The lowest BCUT2D eigenvalue weighted by atomic mass is 10.0. The number of nitrogens with zero attached hydrogens (tertiary/aromatic N) is 1. The molecular formula is C15H15NO7. The van der Waals surface area contributed by atoms with Crippen molar-refractivity contribution in [1.29, 1.82) is 0 Å². The molecule has 1 aliphatic rings. The minimum atomic E-state index is -1.39. The van der Waals surface area contributed by atoms with Crippen LogP contribution < -0.4 is 0 Å². The summed E-state index contributed by atoms with van der Waals surface area (Å²) in [5.41, 5.74) is -0.140. The highest BCUT2D eigenvalue weighted by Crippen LogP contribution is 2.37. The normalized spacial score (nSPS) is 16.6. The van der Waals surface area contributed by atoms with Crippen LogP contribution in [0, 0.1) is 24.0 Å². The first-order valence-corrected chi connectivity index (χ1v) is 6.69. The van der Waals surface area contributed by atoms with Gasteiger partial charge < -0.3 is 14.6 Å². The number of ether oxygens (including phenoxy) is 2. The van der Waals surface area contributed by atoms with Crippen molar-refractivity contribution < 1.29 is 29.1 Å². The van der Waals surface area contributed by atoms with Crippen molar-refractivity contribution in [1.82, 2.24) is 0 Å². The van der Waals surface area contributed by atoms with Gasteiger partial charge in [0.1, 0.15) is 5.57 Å². The van der Waals surface area contributed by atoms with Crippen LogP contribution in [-0.2, 0) is 19.1 Å². The third-order valence-electron chi connectivity index (χ3n) is 3.42. The number of esters is 2. The molecule has 1 aliphatic heterocycles. The largest absolute Gasteiger partial charge is 0.502 e. The van der Waals surface area contributed by atoms with Crippen molar-refractivity contribution in [2.45, 2.75) is 33.5 Å². The van der Waals surface area contributed by atoms with Crippen LogP contribution in [0.1, 0.15) is 30.5 Å². The van der Waals surface area contributed by atoms with Crippen molar-refractivity contribution in [2.24, 2.45) is 0 Å². The molecule has 0 amide bonds. The molecule has 0 unspecified atom stereocenters. The van der Waals surface area contributed by atoms with E-state index in [1.54, 1.807) is 6.92 Å². The Morgan fingerprint density at radius 2 is 1.74 bits per heavy atom. The molecule has 1 heterocycles. The molecule has 8 heteroatoms. The second-order valence-corrected chi connectivity index (χ2v) is 5.60. The number of aromatic hydroxyl groups is 1. The lowest BCUT2D eigenvalue weighted by Gasteiger charge is -2.29. The third-order valence-corrected chi connectivity index (χ3v) is 3.42. The van der Waals surface area contributed by atoms with Gasteiger partial charge in [-0.2, -0.15) is 0 Å². The van der Waals surface area contributed by atoms with E-state index in [0.717, 1.165) is 6.08 Å². The van der Waals surface area contributed by atoms with Crippen molar-refractivity contribution in [3.63, 3.8) is 0 Å². The standard InChI is InChI=1S/C15H15NO7/c1-7-5-9(12(17)11(8(7)2)16(20)21)6-10-13(18)22-15(3,4)23-14(10)19/h5-6,17H,1-4H3. The van der Waals surface area contributed by atoms with Gasteiger partial charge in [-0.15, -0.1) is 0 Å². The van der Waals surface area contributed by atoms with E-state index in [0.29, 0.717) is 11.1 Å². The Balaban J connectivity index is 2.58. The molecule has 1 aromatic carbocycles. The smallest absolute Gasteiger partial charge is 0.348 e. The molecule has 23 heavy (non-hydrogen) atoms. The topological polar surface area (TPSA) is 116 Å². The van der Waals surface area contributed by atoms with Crippen LogP contribution in [-0.4, -0.2) is 27.8 Å². The first kappa shape index (κ1) is 16.5. The number of nitro benzene ring substituents is 1. The van der Waals surface area contributed by atoms with Gasteiger partial charge in [-0.25, -0.2) is 9.59 Å². The van der Waals surface area contributed by atoms with Gasteiger partial charge in [-0.05, 0) is 31.6 Å². The number of phenols is 1. The van der Waals surface area contributed by atoms with E-state index < -0.39 is 39.7 Å². The molecular weight excluding hydrogens is 306 g/mol. The molecule has 2 rings (SSSR count). The first-order valence-electron chi connectivity index (χ1n) is 6.69. The number of carbonyl (C=O) groups is 2. The van der Waals surface area contributed by atoms with Gasteiger partial charge in [0.2, 0.25) is 5.75 Å². The van der Waals surface area contributed by atoms with Crippen LogP contribution >= 0.6 is 0 Å². The predicted octanol–water partition coefficient (Wildman–Crippen LogP) is 2.14.